The van der Waals surface area contributed by atoms with Crippen molar-refractivity contribution in [2.24, 2.45) is 4.99 Å². The van der Waals surface area contributed by atoms with Gasteiger partial charge in [0.2, 0.25) is 5.78 Å². The maximum atomic E-state index is 11.5. The monoisotopic (exact) mass is 175 g/mol. The molecule has 1 aromatic rings. The molecule has 1 heterocycles. The summed E-state index contributed by atoms with van der Waals surface area (Å²) in [4.78, 5) is 15.6. The second kappa shape index (κ2) is 2.69. The number of fused-ring (bicyclic) bond motifs is 1. The molecule has 0 unspecified atom stereocenters. The number of carbonyl (C=O) groups excluding carboxylic acids is 1. The molecule has 0 atom stereocenters. The number of Topliss-reactive ketones (excluding diaryl/α,β-unsaturated/α-hetero) is 1. The van der Waals surface area contributed by atoms with Gasteiger partial charge in [-0.2, -0.15) is 0 Å². The van der Waals surface area contributed by atoms with Crippen molar-refractivity contribution in [1.29, 1.82) is 0 Å². The second-order valence-electron chi connectivity index (χ2n) is 2.97. The number of ether oxygens (including phenoxy) is 1. The lowest BCUT2D eigenvalue weighted by Gasteiger charge is -1.96. The van der Waals surface area contributed by atoms with Gasteiger partial charge in [-0.1, -0.05) is 11.6 Å². The maximum Gasteiger partial charge on any atom is 0.263 e. The molecule has 0 amide bonds. The predicted octanol–water partition coefficient (Wildman–Crippen LogP) is 1.87. The van der Waals surface area contributed by atoms with Crippen LogP contribution < -0.4 is 0 Å². The van der Waals surface area contributed by atoms with Gasteiger partial charge in [0.15, 0.2) is 0 Å². The Morgan fingerprint density at radius 1 is 1.38 bits per heavy atom. The smallest absolute Gasteiger partial charge is 0.263 e. The zero-order valence-electron chi connectivity index (χ0n) is 7.50. The Morgan fingerprint density at radius 2 is 2.15 bits per heavy atom. The number of carbonyl (C=O) groups is 1. The Morgan fingerprint density at radius 3 is 2.85 bits per heavy atom. The fourth-order valence-corrected chi connectivity index (χ4v) is 1.34. The van der Waals surface area contributed by atoms with Crippen LogP contribution in [0.3, 0.4) is 0 Å². The third-order valence-corrected chi connectivity index (χ3v) is 2.01. The molecule has 0 fully saturated rings. The second-order valence-corrected chi connectivity index (χ2v) is 2.97. The Kier molecular flexibility index (Phi) is 1.65. The normalized spacial score (nSPS) is 14.0. The SMILES string of the molecule is COC1=Nc2ccc(C)cc2C1=O. The lowest BCUT2D eigenvalue weighted by Crippen LogP contribution is -2.10. The average molecular weight is 175 g/mol. The number of methoxy groups -OCH3 is 1. The molecule has 1 aromatic carbocycles. The van der Waals surface area contributed by atoms with E-state index in [0.29, 0.717) is 11.3 Å². The summed E-state index contributed by atoms with van der Waals surface area (Å²) in [5, 5.41) is 0. The van der Waals surface area contributed by atoms with E-state index in [9.17, 15) is 4.79 Å². The first-order chi connectivity index (χ1) is 6.22. The fourth-order valence-electron chi connectivity index (χ4n) is 1.34. The van der Waals surface area contributed by atoms with Gasteiger partial charge in [-0.05, 0) is 19.1 Å². The Labute approximate surface area is 76.1 Å². The minimum Gasteiger partial charge on any atom is -0.478 e. The number of nitrogens with zero attached hydrogens (tertiary/aromatic N) is 1. The summed E-state index contributed by atoms with van der Waals surface area (Å²) in [5.74, 6) is 0.0572. The van der Waals surface area contributed by atoms with E-state index in [0.717, 1.165) is 5.56 Å². The van der Waals surface area contributed by atoms with Gasteiger partial charge in [0.1, 0.15) is 0 Å². The third-order valence-electron chi connectivity index (χ3n) is 2.01. The molecule has 13 heavy (non-hydrogen) atoms. The van der Waals surface area contributed by atoms with Gasteiger partial charge in [-0.25, -0.2) is 4.99 Å². The lowest BCUT2D eigenvalue weighted by atomic mass is 10.1. The number of hydrogen-bond donors (Lipinski definition) is 0. The van der Waals surface area contributed by atoms with Crippen LogP contribution in [0, 0.1) is 6.92 Å². The van der Waals surface area contributed by atoms with Gasteiger partial charge >= 0.3 is 0 Å². The Hall–Kier alpha value is -1.64. The molecule has 0 bridgehead atoms. The van der Waals surface area contributed by atoms with Crippen molar-refractivity contribution in [2.75, 3.05) is 7.11 Å². The summed E-state index contributed by atoms with van der Waals surface area (Å²) >= 11 is 0. The summed E-state index contributed by atoms with van der Waals surface area (Å²) in [6, 6.07) is 5.58. The molecule has 0 aromatic heterocycles. The molecule has 66 valence electrons. The molecule has 1 aliphatic heterocycles. The highest BCUT2D eigenvalue weighted by Crippen LogP contribution is 2.27. The van der Waals surface area contributed by atoms with E-state index >= 15 is 0 Å². The van der Waals surface area contributed by atoms with Crippen LogP contribution in [-0.2, 0) is 4.74 Å². The van der Waals surface area contributed by atoms with E-state index in [1.54, 1.807) is 0 Å². The largest absolute Gasteiger partial charge is 0.478 e. The summed E-state index contributed by atoms with van der Waals surface area (Å²) in [6.45, 7) is 1.94. The van der Waals surface area contributed by atoms with Gasteiger partial charge in [-0.15, -0.1) is 0 Å². The molecule has 3 nitrogen and oxygen atoms in total. The first kappa shape index (κ1) is 7.98. The van der Waals surface area contributed by atoms with Crippen molar-refractivity contribution in [2.45, 2.75) is 6.92 Å². The summed E-state index contributed by atoms with van der Waals surface area (Å²) in [7, 11) is 1.45. The van der Waals surface area contributed by atoms with Crippen molar-refractivity contribution >= 4 is 17.4 Å². The van der Waals surface area contributed by atoms with Crippen molar-refractivity contribution in [3.8, 4) is 0 Å². The van der Waals surface area contributed by atoms with E-state index in [1.807, 2.05) is 25.1 Å². The number of hydrogen-bond acceptors (Lipinski definition) is 3. The van der Waals surface area contributed by atoms with Gasteiger partial charge in [0.05, 0.1) is 18.4 Å². The molecule has 0 radical (unpaired) electrons. The third kappa shape index (κ3) is 1.13. The van der Waals surface area contributed by atoms with E-state index in [4.69, 9.17) is 4.74 Å². The highest BCUT2D eigenvalue weighted by atomic mass is 16.5. The molecule has 0 aliphatic carbocycles. The van der Waals surface area contributed by atoms with Crippen LogP contribution in [0.2, 0.25) is 0 Å². The maximum absolute atomic E-state index is 11.5. The van der Waals surface area contributed by atoms with Crippen molar-refractivity contribution < 1.29 is 9.53 Å². The summed E-state index contributed by atoms with van der Waals surface area (Å²) < 4.78 is 4.85. The standard InChI is InChI=1S/C10H9NO2/c1-6-3-4-8-7(5-6)9(12)10(11-8)13-2/h3-5H,1-2H3. The van der Waals surface area contributed by atoms with Crippen molar-refractivity contribution in [1.82, 2.24) is 0 Å². The summed E-state index contributed by atoms with van der Waals surface area (Å²) in [5.41, 5.74) is 2.39. The van der Waals surface area contributed by atoms with Crippen LogP contribution in [0.15, 0.2) is 23.2 Å². The van der Waals surface area contributed by atoms with Crippen LogP contribution in [0.25, 0.3) is 0 Å². The zero-order chi connectivity index (χ0) is 9.42. The molecule has 0 N–H and O–H groups in total. The molecular formula is C10H9NO2. The van der Waals surface area contributed by atoms with Crippen molar-refractivity contribution in [3.63, 3.8) is 0 Å². The quantitative estimate of drug-likeness (QED) is 0.603. The van der Waals surface area contributed by atoms with Crippen LogP contribution in [-0.4, -0.2) is 18.8 Å². The Bertz CT molecular complexity index is 407. The van der Waals surface area contributed by atoms with Crippen LogP contribution in [0.5, 0.6) is 0 Å². The van der Waals surface area contributed by atoms with Gasteiger partial charge in [-0.3, -0.25) is 4.79 Å². The highest BCUT2D eigenvalue weighted by molar-refractivity contribution is 6.47. The number of rotatable bonds is 0. The lowest BCUT2D eigenvalue weighted by molar-refractivity contribution is 0.104. The first-order valence-electron chi connectivity index (χ1n) is 4.00. The summed E-state index contributed by atoms with van der Waals surface area (Å²) in [6.07, 6.45) is 0. The number of aliphatic imine (C=N–C) groups is 1. The molecule has 0 saturated heterocycles. The van der Waals surface area contributed by atoms with Gasteiger partial charge < -0.3 is 4.74 Å². The molecule has 0 spiro atoms. The van der Waals surface area contributed by atoms with Crippen molar-refractivity contribution in [3.05, 3.63) is 29.3 Å². The minimum absolute atomic E-state index is 0.124. The van der Waals surface area contributed by atoms with Gasteiger partial charge in [0, 0.05) is 0 Å². The molecular weight excluding hydrogens is 166 g/mol. The van der Waals surface area contributed by atoms with Crippen LogP contribution >= 0.6 is 0 Å². The predicted molar refractivity (Wildman–Crippen MR) is 49.6 cm³/mol. The Balaban J connectivity index is 2.54. The number of benzene rings is 1. The fraction of sp³-hybridized carbons (Fsp3) is 0.200. The number of ketones is 1. The van der Waals surface area contributed by atoms with Crippen LogP contribution in [0.4, 0.5) is 5.69 Å². The molecule has 3 heteroatoms. The first-order valence-corrected chi connectivity index (χ1v) is 4.00. The zero-order valence-corrected chi connectivity index (χ0v) is 7.50. The number of aryl methyl sites for hydroxylation is 1. The average Bonchev–Trinajstić information content (AvgIpc) is 2.44. The topological polar surface area (TPSA) is 38.7 Å². The van der Waals surface area contributed by atoms with E-state index in [1.165, 1.54) is 7.11 Å². The van der Waals surface area contributed by atoms with E-state index in [2.05, 4.69) is 4.99 Å². The minimum atomic E-state index is -0.124. The van der Waals surface area contributed by atoms with E-state index in [-0.39, 0.29) is 11.7 Å². The molecule has 0 saturated carbocycles. The van der Waals surface area contributed by atoms with Gasteiger partial charge in [0.25, 0.3) is 5.90 Å². The molecule has 2 rings (SSSR count). The van der Waals surface area contributed by atoms with E-state index < -0.39 is 0 Å². The van der Waals surface area contributed by atoms with Crippen LogP contribution in [0.1, 0.15) is 15.9 Å². The molecule has 1 aliphatic rings. The highest BCUT2D eigenvalue weighted by Gasteiger charge is 2.24.